The SMILES string of the molecule is CN(C)c1ccc(N=Nc2nc3ccc4ccccc4c3s2)cc1. The Balaban J connectivity index is 1.68. The van der Waals surface area contributed by atoms with Crippen molar-refractivity contribution in [3.8, 4) is 0 Å². The smallest absolute Gasteiger partial charge is 0.231 e. The molecule has 0 saturated carbocycles. The van der Waals surface area contributed by atoms with Crippen LogP contribution in [0.4, 0.5) is 16.5 Å². The van der Waals surface area contributed by atoms with E-state index in [0.717, 1.165) is 21.6 Å². The molecule has 0 unspecified atom stereocenters. The van der Waals surface area contributed by atoms with E-state index in [-0.39, 0.29) is 0 Å². The minimum atomic E-state index is 0.679. The van der Waals surface area contributed by atoms with Crippen molar-refractivity contribution in [3.63, 3.8) is 0 Å². The first kappa shape index (κ1) is 14.8. The summed E-state index contributed by atoms with van der Waals surface area (Å²) in [6.45, 7) is 0. The average molecular weight is 332 g/mol. The molecule has 0 radical (unpaired) electrons. The van der Waals surface area contributed by atoms with Crippen molar-refractivity contribution >= 4 is 48.8 Å². The molecule has 0 spiro atoms. The van der Waals surface area contributed by atoms with E-state index in [4.69, 9.17) is 0 Å². The highest BCUT2D eigenvalue weighted by molar-refractivity contribution is 7.22. The van der Waals surface area contributed by atoms with Gasteiger partial charge in [-0.15, -0.1) is 10.2 Å². The van der Waals surface area contributed by atoms with Crippen LogP contribution < -0.4 is 4.90 Å². The third-order valence-corrected chi connectivity index (χ3v) is 4.87. The lowest BCUT2D eigenvalue weighted by molar-refractivity contribution is 1.13. The zero-order chi connectivity index (χ0) is 16.5. The Morgan fingerprint density at radius 2 is 1.67 bits per heavy atom. The molecule has 0 fully saturated rings. The first-order valence-electron chi connectivity index (χ1n) is 7.68. The summed E-state index contributed by atoms with van der Waals surface area (Å²) in [5.74, 6) is 0. The van der Waals surface area contributed by atoms with Gasteiger partial charge in [0.15, 0.2) is 0 Å². The van der Waals surface area contributed by atoms with Gasteiger partial charge in [-0.2, -0.15) is 0 Å². The van der Waals surface area contributed by atoms with E-state index < -0.39 is 0 Å². The fourth-order valence-electron chi connectivity index (χ4n) is 2.60. The van der Waals surface area contributed by atoms with Gasteiger partial charge in [-0.05, 0) is 35.7 Å². The Morgan fingerprint density at radius 1 is 0.875 bits per heavy atom. The zero-order valence-corrected chi connectivity index (χ0v) is 14.3. The van der Waals surface area contributed by atoms with Gasteiger partial charge in [0.1, 0.15) is 0 Å². The highest BCUT2D eigenvalue weighted by atomic mass is 32.1. The van der Waals surface area contributed by atoms with Crippen molar-refractivity contribution < 1.29 is 0 Å². The number of thiazole rings is 1. The minimum Gasteiger partial charge on any atom is -0.378 e. The summed E-state index contributed by atoms with van der Waals surface area (Å²) in [5, 5.41) is 11.7. The Bertz CT molecular complexity index is 1030. The fraction of sp³-hybridized carbons (Fsp3) is 0.105. The van der Waals surface area contributed by atoms with Crippen LogP contribution in [0.1, 0.15) is 0 Å². The highest BCUT2D eigenvalue weighted by Crippen LogP contribution is 2.34. The number of rotatable bonds is 3. The second-order valence-corrected chi connectivity index (χ2v) is 6.72. The van der Waals surface area contributed by atoms with Crippen LogP contribution in [0.25, 0.3) is 21.0 Å². The molecule has 0 aliphatic rings. The first-order valence-corrected chi connectivity index (χ1v) is 8.50. The molecule has 118 valence electrons. The van der Waals surface area contributed by atoms with E-state index in [2.05, 4.69) is 44.4 Å². The third-order valence-electron chi connectivity index (χ3n) is 3.89. The summed E-state index contributed by atoms with van der Waals surface area (Å²) < 4.78 is 1.16. The van der Waals surface area contributed by atoms with E-state index in [9.17, 15) is 0 Å². The molecular weight excluding hydrogens is 316 g/mol. The lowest BCUT2D eigenvalue weighted by atomic mass is 10.1. The van der Waals surface area contributed by atoms with E-state index in [1.807, 2.05) is 50.5 Å². The Morgan fingerprint density at radius 3 is 2.46 bits per heavy atom. The maximum Gasteiger partial charge on any atom is 0.231 e. The second kappa shape index (κ2) is 6.02. The van der Waals surface area contributed by atoms with Gasteiger partial charge in [0.25, 0.3) is 0 Å². The molecule has 5 heteroatoms. The predicted molar refractivity (Wildman–Crippen MR) is 102 cm³/mol. The van der Waals surface area contributed by atoms with Gasteiger partial charge in [-0.1, -0.05) is 41.7 Å². The lowest BCUT2D eigenvalue weighted by Gasteiger charge is -2.11. The van der Waals surface area contributed by atoms with Gasteiger partial charge in [-0.25, -0.2) is 4.98 Å². The molecule has 1 aromatic heterocycles. The molecule has 0 saturated heterocycles. The summed E-state index contributed by atoms with van der Waals surface area (Å²) >= 11 is 1.57. The van der Waals surface area contributed by atoms with Crippen LogP contribution in [0.5, 0.6) is 0 Å². The molecule has 0 bridgehead atoms. The fourth-order valence-corrected chi connectivity index (χ4v) is 3.53. The van der Waals surface area contributed by atoms with Crippen LogP contribution >= 0.6 is 11.3 Å². The number of hydrogen-bond acceptors (Lipinski definition) is 5. The molecule has 0 amide bonds. The lowest BCUT2D eigenvalue weighted by Crippen LogP contribution is -2.07. The molecule has 0 atom stereocenters. The van der Waals surface area contributed by atoms with Crippen LogP contribution in [0.2, 0.25) is 0 Å². The monoisotopic (exact) mass is 332 g/mol. The van der Waals surface area contributed by atoms with E-state index in [0.29, 0.717) is 5.13 Å². The van der Waals surface area contributed by atoms with Gasteiger partial charge < -0.3 is 4.90 Å². The van der Waals surface area contributed by atoms with Gasteiger partial charge >= 0.3 is 0 Å². The normalized spacial score (nSPS) is 11.6. The number of azo groups is 1. The minimum absolute atomic E-state index is 0.679. The van der Waals surface area contributed by atoms with Gasteiger partial charge in [-0.3, -0.25) is 0 Å². The molecule has 3 aromatic carbocycles. The zero-order valence-electron chi connectivity index (χ0n) is 13.5. The number of benzene rings is 3. The molecule has 24 heavy (non-hydrogen) atoms. The number of hydrogen-bond donors (Lipinski definition) is 0. The second-order valence-electron chi connectivity index (χ2n) is 5.74. The number of aromatic nitrogens is 1. The Kier molecular flexibility index (Phi) is 3.70. The van der Waals surface area contributed by atoms with Crippen molar-refractivity contribution in [3.05, 3.63) is 60.7 Å². The Labute approximate surface area is 144 Å². The summed E-state index contributed by atoms with van der Waals surface area (Å²) in [4.78, 5) is 6.63. The topological polar surface area (TPSA) is 40.9 Å². The van der Waals surface area contributed by atoms with Crippen molar-refractivity contribution in [2.45, 2.75) is 0 Å². The van der Waals surface area contributed by atoms with Gasteiger partial charge in [0.2, 0.25) is 5.13 Å². The molecule has 0 aliphatic heterocycles. The quantitative estimate of drug-likeness (QED) is 0.436. The van der Waals surface area contributed by atoms with Crippen LogP contribution in [0, 0.1) is 0 Å². The van der Waals surface area contributed by atoms with Crippen LogP contribution in [0.3, 0.4) is 0 Å². The summed E-state index contributed by atoms with van der Waals surface area (Å²) in [6, 6.07) is 20.4. The van der Waals surface area contributed by atoms with Crippen molar-refractivity contribution in [2.75, 3.05) is 19.0 Å². The van der Waals surface area contributed by atoms with Crippen LogP contribution in [-0.4, -0.2) is 19.1 Å². The number of anilines is 1. The number of fused-ring (bicyclic) bond motifs is 3. The van der Waals surface area contributed by atoms with E-state index >= 15 is 0 Å². The molecule has 0 aliphatic carbocycles. The van der Waals surface area contributed by atoms with Gasteiger partial charge in [0.05, 0.1) is 15.9 Å². The number of nitrogens with zero attached hydrogens (tertiary/aromatic N) is 4. The largest absolute Gasteiger partial charge is 0.378 e. The molecule has 0 N–H and O–H groups in total. The molecular formula is C19H16N4S. The molecule has 4 aromatic rings. The highest BCUT2D eigenvalue weighted by Gasteiger charge is 2.06. The third kappa shape index (κ3) is 2.74. The standard InChI is InChI=1S/C19H16N4S/c1-23(2)15-10-8-14(9-11-15)21-22-19-20-17-12-7-13-5-3-4-6-16(13)18(17)24-19/h3-12H,1-2H3. The van der Waals surface area contributed by atoms with Crippen LogP contribution in [0.15, 0.2) is 70.9 Å². The van der Waals surface area contributed by atoms with Crippen molar-refractivity contribution in [2.24, 2.45) is 10.2 Å². The summed E-state index contributed by atoms with van der Waals surface area (Å²) in [7, 11) is 4.03. The molecule has 4 nitrogen and oxygen atoms in total. The maximum absolute atomic E-state index is 4.57. The van der Waals surface area contributed by atoms with Gasteiger partial charge in [0, 0.05) is 25.2 Å². The van der Waals surface area contributed by atoms with Crippen molar-refractivity contribution in [1.82, 2.24) is 4.98 Å². The summed E-state index contributed by atoms with van der Waals surface area (Å²) in [6.07, 6.45) is 0. The van der Waals surface area contributed by atoms with E-state index in [1.54, 1.807) is 11.3 Å². The summed E-state index contributed by atoms with van der Waals surface area (Å²) in [5.41, 5.74) is 2.93. The van der Waals surface area contributed by atoms with Crippen LogP contribution in [-0.2, 0) is 0 Å². The van der Waals surface area contributed by atoms with Crippen molar-refractivity contribution in [1.29, 1.82) is 0 Å². The average Bonchev–Trinajstić information content (AvgIpc) is 3.04. The maximum atomic E-state index is 4.57. The Hall–Kier alpha value is -2.79. The predicted octanol–water partition coefficient (Wildman–Crippen LogP) is 5.93. The first-order chi connectivity index (χ1) is 11.7. The molecule has 4 rings (SSSR count). The van der Waals surface area contributed by atoms with E-state index in [1.165, 1.54) is 10.8 Å². The molecule has 1 heterocycles.